The number of alkyl halides is 2. The second kappa shape index (κ2) is 9.34. The molecular weight excluding hydrogens is 376 g/mol. The van der Waals surface area contributed by atoms with E-state index in [4.69, 9.17) is 16.6 Å². The fourth-order valence-corrected chi connectivity index (χ4v) is 3.73. The van der Waals surface area contributed by atoms with E-state index in [2.05, 4.69) is 15.5 Å². The van der Waals surface area contributed by atoms with Crippen LogP contribution in [0, 0.1) is 0 Å². The average molecular weight is 398 g/mol. The molecule has 0 radical (unpaired) electrons. The zero-order chi connectivity index (χ0) is 18.4. The van der Waals surface area contributed by atoms with E-state index in [0.29, 0.717) is 28.3 Å². The highest BCUT2D eigenvalue weighted by Gasteiger charge is 2.25. The molecule has 0 aliphatic carbocycles. The van der Waals surface area contributed by atoms with Crippen molar-refractivity contribution >= 4 is 34.8 Å². The molecule has 4 nitrogen and oxygen atoms in total. The number of furan rings is 1. The van der Waals surface area contributed by atoms with Crippen LogP contribution in [-0.4, -0.2) is 35.4 Å². The SMILES string of the molecule is FC(F)Sc1ccc(NC(=S)NC[C@H](c2ccco2)N2CCCC2)cc1. The fourth-order valence-electron chi connectivity index (χ4n) is 3.03. The Kier molecular flexibility index (Phi) is 6.87. The van der Waals surface area contributed by atoms with E-state index >= 15 is 0 Å². The first-order valence-corrected chi connectivity index (χ1v) is 9.78. The lowest BCUT2D eigenvalue weighted by atomic mass is 10.2. The summed E-state index contributed by atoms with van der Waals surface area (Å²) < 4.78 is 30.3. The van der Waals surface area contributed by atoms with E-state index in [1.807, 2.05) is 12.1 Å². The molecule has 2 heterocycles. The Labute approximate surface area is 161 Å². The molecule has 140 valence electrons. The van der Waals surface area contributed by atoms with Gasteiger partial charge in [0.1, 0.15) is 5.76 Å². The lowest BCUT2D eigenvalue weighted by Gasteiger charge is -2.26. The summed E-state index contributed by atoms with van der Waals surface area (Å²) in [6.07, 6.45) is 4.08. The Bertz CT molecular complexity index is 689. The molecule has 0 saturated carbocycles. The Hall–Kier alpha value is -1.64. The van der Waals surface area contributed by atoms with Crippen molar-refractivity contribution in [1.29, 1.82) is 0 Å². The van der Waals surface area contributed by atoms with E-state index in [0.717, 1.165) is 24.5 Å². The molecule has 26 heavy (non-hydrogen) atoms. The van der Waals surface area contributed by atoms with Crippen molar-refractivity contribution in [1.82, 2.24) is 10.2 Å². The minimum atomic E-state index is -2.42. The number of thiocarbonyl (C=S) groups is 1. The third-order valence-corrected chi connectivity index (χ3v) is 5.22. The number of anilines is 1. The van der Waals surface area contributed by atoms with Crippen LogP contribution in [0.5, 0.6) is 0 Å². The smallest absolute Gasteiger partial charge is 0.288 e. The largest absolute Gasteiger partial charge is 0.468 e. The van der Waals surface area contributed by atoms with Crippen LogP contribution >= 0.6 is 24.0 Å². The molecule has 1 aliphatic heterocycles. The molecule has 1 saturated heterocycles. The molecule has 1 aliphatic rings. The molecule has 1 aromatic heterocycles. The van der Waals surface area contributed by atoms with Crippen LogP contribution in [0.3, 0.4) is 0 Å². The van der Waals surface area contributed by atoms with E-state index in [1.54, 1.807) is 30.5 Å². The van der Waals surface area contributed by atoms with Crippen molar-refractivity contribution in [2.75, 3.05) is 25.0 Å². The van der Waals surface area contributed by atoms with Crippen LogP contribution in [0.2, 0.25) is 0 Å². The average Bonchev–Trinajstić information content (AvgIpc) is 3.30. The maximum Gasteiger partial charge on any atom is 0.288 e. The third-order valence-electron chi connectivity index (χ3n) is 4.25. The van der Waals surface area contributed by atoms with Gasteiger partial charge in [-0.15, -0.1) is 0 Å². The molecule has 1 atom stereocenters. The standard InChI is InChI=1S/C18H21F2N3OS2/c19-17(20)26-14-7-5-13(6-8-14)22-18(25)21-12-15(16-4-3-11-24-16)23-9-1-2-10-23/h3-8,11,15,17H,1-2,9-10,12H2,(H2,21,22,25)/t15-/m1/s1. The number of hydrogen-bond acceptors (Lipinski definition) is 4. The Morgan fingerprint density at radius 3 is 2.54 bits per heavy atom. The van der Waals surface area contributed by atoms with Crippen LogP contribution < -0.4 is 10.6 Å². The molecule has 0 bridgehead atoms. The number of likely N-dealkylation sites (tertiary alicyclic amines) is 1. The number of benzene rings is 1. The fraction of sp³-hybridized carbons (Fsp3) is 0.389. The van der Waals surface area contributed by atoms with Crippen molar-refractivity contribution in [2.45, 2.75) is 29.5 Å². The summed E-state index contributed by atoms with van der Waals surface area (Å²) in [5.74, 6) is -1.49. The summed E-state index contributed by atoms with van der Waals surface area (Å²) >= 11 is 5.89. The predicted octanol–water partition coefficient (Wildman–Crippen LogP) is 4.72. The van der Waals surface area contributed by atoms with Crippen LogP contribution in [0.4, 0.5) is 14.5 Å². The summed E-state index contributed by atoms with van der Waals surface area (Å²) in [5.41, 5.74) is 0.761. The minimum Gasteiger partial charge on any atom is -0.468 e. The van der Waals surface area contributed by atoms with Gasteiger partial charge in [-0.3, -0.25) is 4.90 Å². The molecule has 1 aromatic carbocycles. The van der Waals surface area contributed by atoms with Gasteiger partial charge in [0.05, 0.1) is 12.3 Å². The molecule has 0 spiro atoms. The first kappa shape index (κ1) is 19.1. The summed E-state index contributed by atoms with van der Waals surface area (Å²) in [6, 6.07) is 10.8. The zero-order valence-electron chi connectivity index (χ0n) is 14.2. The lowest BCUT2D eigenvalue weighted by molar-refractivity contribution is 0.216. The molecule has 2 aromatic rings. The van der Waals surface area contributed by atoms with Gasteiger partial charge in [0.25, 0.3) is 5.76 Å². The number of hydrogen-bond donors (Lipinski definition) is 2. The van der Waals surface area contributed by atoms with Crippen LogP contribution in [0.1, 0.15) is 24.6 Å². The molecule has 0 unspecified atom stereocenters. The number of halogens is 2. The van der Waals surface area contributed by atoms with E-state index in [1.165, 1.54) is 12.8 Å². The molecule has 2 N–H and O–H groups in total. The number of nitrogens with one attached hydrogen (secondary N) is 2. The van der Waals surface area contributed by atoms with Gasteiger partial charge in [-0.2, -0.15) is 8.78 Å². The van der Waals surface area contributed by atoms with Crippen LogP contribution in [0.25, 0.3) is 0 Å². The minimum absolute atomic E-state index is 0.136. The summed E-state index contributed by atoms with van der Waals surface area (Å²) in [7, 11) is 0. The van der Waals surface area contributed by atoms with Crippen LogP contribution in [-0.2, 0) is 0 Å². The highest BCUT2D eigenvalue weighted by Crippen LogP contribution is 2.27. The Morgan fingerprint density at radius 2 is 1.92 bits per heavy atom. The quantitative estimate of drug-likeness (QED) is 0.521. The van der Waals surface area contributed by atoms with Crippen molar-refractivity contribution in [2.24, 2.45) is 0 Å². The molecule has 8 heteroatoms. The second-order valence-corrected chi connectivity index (χ2v) is 7.48. The van der Waals surface area contributed by atoms with Crippen molar-refractivity contribution < 1.29 is 13.2 Å². The van der Waals surface area contributed by atoms with Gasteiger partial charge in [0.2, 0.25) is 0 Å². The highest BCUT2D eigenvalue weighted by molar-refractivity contribution is 7.99. The van der Waals surface area contributed by atoms with Gasteiger partial charge >= 0.3 is 0 Å². The van der Waals surface area contributed by atoms with Gasteiger partial charge < -0.3 is 15.1 Å². The van der Waals surface area contributed by atoms with E-state index < -0.39 is 5.76 Å². The van der Waals surface area contributed by atoms with E-state index in [9.17, 15) is 8.78 Å². The Balaban J connectivity index is 1.53. The summed E-state index contributed by atoms with van der Waals surface area (Å²) in [4.78, 5) is 2.92. The monoisotopic (exact) mass is 397 g/mol. The topological polar surface area (TPSA) is 40.4 Å². The van der Waals surface area contributed by atoms with Crippen LogP contribution in [0.15, 0.2) is 52.0 Å². The third kappa shape index (κ3) is 5.43. The first-order valence-electron chi connectivity index (χ1n) is 8.49. The molecule has 0 amide bonds. The molecular formula is C18H21F2N3OS2. The normalized spacial score (nSPS) is 16.0. The number of thioether (sulfide) groups is 1. The van der Waals surface area contributed by atoms with Gasteiger partial charge in [0, 0.05) is 17.1 Å². The lowest BCUT2D eigenvalue weighted by Crippen LogP contribution is -2.38. The molecule has 1 fully saturated rings. The first-order chi connectivity index (χ1) is 12.6. The van der Waals surface area contributed by atoms with Crippen molar-refractivity contribution in [3.63, 3.8) is 0 Å². The molecule has 3 rings (SSSR count). The number of rotatable bonds is 7. The Morgan fingerprint density at radius 1 is 1.19 bits per heavy atom. The summed E-state index contributed by atoms with van der Waals surface area (Å²) in [5, 5.41) is 6.82. The second-order valence-electron chi connectivity index (χ2n) is 6.01. The van der Waals surface area contributed by atoms with E-state index in [-0.39, 0.29) is 6.04 Å². The van der Waals surface area contributed by atoms with Gasteiger partial charge in [0.15, 0.2) is 5.11 Å². The van der Waals surface area contributed by atoms with Gasteiger partial charge in [-0.25, -0.2) is 0 Å². The maximum atomic E-state index is 12.4. The van der Waals surface area contributed by atoms with Crippen molar-refractivity contribution in [3.05, 3.63) is 48.4 Å². The van der Waals surface area contributed by atoms with Gasteiger partial charge in [-0.05, 0) is 74.5 Å². The predicted molar refractivity (Wildman–Crippen MR) is 105 cm³/mol. The number of nitrogens with zero attached hydrogens (tertiary/aromatic N) is 1. The van der Waals surface area contributed by atoms with Crippen molar-refractivity contribution in [3.8, 4) is 0 Å². The highest BCUT2D eigenvalue weighted by atomic mass is 32.2. The maximum absolute atomic E-state index is 12.4. The zero-order valence-corrected chi connectivity index (χ0v) is 15.8. The van der Waals surface area contributed by atoms with Gasteiger partial charge in [-0.1, -0.05) is 11.8 Å². The summed E-state index contributed by atoms with van der Waals surface area (Å²) in [6.45, 7) is 2.74.